The van der Waals surface area contributed by atoms with Crippen LogP contribution in [0.1, 0.15) is 37.7 Å². The molecule has 118 valence electrons. The molecule has 1 heterocycles. The second kappa shape index (κ2) is 7.15. The fourth-order valence-corrected chi connectivity index (χ4v) is 2.75. The molecule has 0 radical (unpaired) electrons. The maximum atomic E-state index is 12.4. The first-order valence-corrected chi connectivity index (χ1v) is 7.39. The lowest BCUT2D eigenvalue weighted by atomic mass is 9.73. The number of alkyl halides is 1. The molecular formula is C16H19FN2O3. The summed E-state index contributed by atoms with van der Waals surface area (Å²) in [6, 6.07) is 7.91. The number of unbranched alkanes of at least 4 members (excludes halogenated alkanes) is 3. The van der Waals surface area contributed by atoms with E-state index in [9.17, 15) is 18.8 Å². The number of imide groups is 2. The lowest BCUT2D eigenvalue weighted by Crippen LogP contribution is -2.64. The van der Waals surface area contributed by atoms with Gasteiger partial charge in [0.1, 0.15) is 0 Å². The highest BCUT2D eigenvalue weighted by atomic mass is 19.1. The molecule has 0 aliphatic carbocycles. The van der Waals surface area contributed by atoms with Gasteiger partial charge in [0.05, 0.1) is 6.67 Å². The molecule has 0 bridgehead atoms. The Morgan fingerprint density at radius 1 is 0.864 bits per heavy atom. The molecule has 0 aromatic heterocycles. The molecule has 22 heavy (non-hydrogen) atoms. The number of rotatable bonds is 7. The number of benzene rings is 1. The van der Waals surface area contributed by atoms with Gasteiger partial charge in [-0.2, -0.15) is 0 Å². The minimum Gasteiger partial charge on any atom is -0.277 e. The Morgan fingerprint density at radius 2 is 1.45 bits per heavy atom. The van der Waals surface area contributed by atoms with Crippen molar-refractivity contribution >= 4 is 17.8 Å². The molecule has 0 spiro atoms. The van der Waals surface area contributed by atoms with Crippen LogP contribution in [0.15, 0.2) is 30.3 Å². The van der Waals surface area contributed by atoms with Gasteiger partial charge in [-0.05, 0) is 18.4 Å². The lowest BCUT2D eigenvalue weighted by molar-refractivity contribution is -0.139. The van der Waals surface area contributed by atoms with Gasteiger partial charge in [-0.15, -0.1) is 0 Å². The minimum absolute atomic E-state index is 0.286. The first-order valence-electron chi connectivity index (χ1n) is 7.39. The van der Waals surface area contributed by atoms with E-state index in [1.807, 2.05) is 0 Å². The molecule has 1 aromatic rings. The van der Waals surface area contributed by atoms with Crippen LogP contribution < -0.4 is 10.6 Å². The molecular weight excluding hydrogens is 287 g/mol. The van der Waals surface area contributed by atoms with E-state index >= 15 is 0 Å². The summed E-state index contributed by atoms with van der Waals surface area (Å²) in [5, 5.41) is 4.36. The van der Waals surface area contributed by atoms with Crippen LogP contribution in [0.2, 0.25) is 0 Å². The van der Waals surface area contributed by atoms with Crippen molar-refractivity contribution in [2.24, 2.45) is 0 Å². The van der Waals surface area contributed by atoms with E-state index in [0.717, 1.165) is 6.42 Å². The van der Waals surface area contributed by atoms with E-state index in [4.69, 9.17) is 0 Å². The van der Waals surface area contributed by atoms with Crippen molar-refractivity contribution in [3.8, 4) is 0 Å². The molecule has 1 aliphatic heterocycles. The summed E-state index contributed by atoms with van der Waals surface area (Å²) in [5.74, 6) is -1.20. The van der Waals surface area contributed by atoms with Gasteiger partial charge < -0.3 is 0 Å². The highest BCUT2D eigenvalue weighted by Crippen LogP contribution is 2.32. The largest absolute Gasteiger partial charge is 0.328 e. The fraction of sp³-hybridized carbons (Fsp3) is 0.438. The smallest absolute Gasteiger partial charge is 0.277 e. The van der Waals surface area contributed by atoms with E-state index in [1.165, 1.54) is 0 Å². The predicted molar refractivity (Wildman–Crippen MR) is 78.9 cm³/mol. The molecule has 0 atom stereocenters. The van der Waals surface area contributed by atoms with Crippen LogP contribution in [0.5, 0.6) is 0 Å². The molecule has 6 heteroatoms. The van der Waals surface area contributed by atoms with Crippen LogP contribution >= 0.6 is 0 Å². The van der Waals surface area contributed by atoms with Gasteiger partial charge in [0, 0.05) is 0 Å². The van der Waals surface area contributed by atoms with Gasteiger partial charge in [-0.1, -0.05) is 49.6 Å². The van der Waals surface area contributed by atoms with Crippen molar-refractivity contribution in [3.63, 3.8) is 0 Å². The number of hydrogen-bond acceptors (Lipinski definition) is 3. The second-order valence-electron chi connectivity index (χ2n) is 5.36. The topological polar surface area (TPSA) is 75.3 Å². The third-order valence-corrected chi connectivity index (χ3v) is 3.93. The third kappa shape index (κ3) is 3.16. The van der Waals surface area contributed by atoms with Gasteiger partial charge in [0.2, 0.25) is 11.8 Å². The van der Waals surface area contributed by atoms with E-state index in [2.05, 4.69) is 10.6 Å². The van der Waals surface area contributed by atoms with Gasteiger partial charge >= 0.3 is 6.03 Å². The van der Waals surface area contributed by atoms with Crippen LogP contribution in [-0.2, 0) is 15.0 Å². The maximum absolute atomic E-state index is 12.4. The maximum Gasteiger partial charge on any atom is 0.328 e. The summed E-state index contributed by atoms with van der Waals surface area (Å²) >= 11 is 0. The second-order valence-corrected chi connectivity index (χ2v) is 5.36. The van der Waals surface area contributed by atoms with Crippen LogP contribution in [0.3, 0.4) is 0 Å². The van der Waals surface area contributed by atoms with E-state index < -0.39 is 23.3 Å². The summed E-state index contributed by atoms with van der Waals surface area (Å²) < 4.78 is 12.1. The zero-order valence-corrected chi connectivity index (χ0v) is 12.2. The number of hydrogen-bond donors (Lipinski definition) is 2. The van der Waals surface area contributed by atoms with Crippen LogP contribution in [0.4, 0.5) is 9.18 Å². The Morgan fingerprint density at radius 3 is 2.05 bits per heavy atom. The first kappa shape index (κ1) is 16.1. The fourth-order valence-electron chi connectivity index (χ4n) is 2.75. The molecule has 1 saturated heterocycles. The van der Waals surface area contributed by atoms with Gasteiger partial charge in [-0.3, -0.25) is 24.6 Å². The highest BCUT2D eigenvalue weighted by Gasteiger charge is 2.50. The average molecular weight is 306 g/mol. The van der Waals surface area contributed by atoms with Gasteiger partial charge in [-0.25, -0.2) is 4.79 Å². The van der Waals surface area contributed by atoms with Crippen LogP contribution in [0, 0.1) is 0 Å². The monoisotopic (exact) mass is 306 g/mol. The van der Waals surface area contributed by atoms with Gasteiger partial charge in [0.25, 0.3) is 0 Å². The lowest BCUT2D eigenvalue weighted by Gasteiger charge is -2.34. The van der Waals surface area contributed by atoms with Crippen molar-refractivity contribution in [1.29, 1.82) is 0 Å². The summed E-state index contributed by atoms with van der Waals surface area (Å²) in [4.78, 5) is 36.1. The van der Waals surface area contributed by atoms with E-state index in [-0.39, 0.29) is 13.1 Å². The van der Waals surface area contributed by atoms with Crippen molar-refractivity contribution in [2.45, 2.75) is 37.5 Å². The number of barbiturate groups is 1. The van der Waals surface area contributed by atoms with Crippen LogP contribution in [0.25, 0.3) is 0 Å². The summed E-state index contributed by atoms with van der Waals surface area (Å²) in [5.41, 5.74) is -0.840. The van der Waals surface area contributed by atoms with Gasteiger partial charge in [0.15, 0.2) is 5.41 Å². The normalized spacial score (nSPS) is 17.0. The van der Waals surface area contributed by atoms with Crippen molar-refractivity contribution < 1.29 is 18.8 Å². The van der Waals surface area contributed by atoms with Crippen molar-refractivity contribution in [2.75, 3.05) is 6.67 Å². The molecule has 0 saturated carbocycles. The molecule has 1 aromatic carbocycles. The minimum atomic E-state index is -1.40. The SMILES string of the molecule is O=C1NC(=O)C(CCCCCCF)(c2ccccc2)C(=O)N1. The number of carbonyl (C=O) groups excluding carboxylic acids is 3. The molecule has 2 N–H and O–H groups in total. The van der Waals surface area contributed by atoms with E-state index in [1.54, 1.807) is 30.3 Å². The van der Waals surface area contributed by atoms with Crippen molar-refractivity contribution in [1.82, 2.24) is 10.6 Å². The summed E-state index contributed by atoms with van der Waals surface area (Å²) in [6.07, 6.45) is 2.81. The highest BCUT2D eigenvalue weighted by molar-refractivity contribution is 6.22. The summed E-state index contributed by atoms with van der Waals surface area (Å²) in [7, 11) is 0. The molecule has 0 unspecified atom stereocenters. The number of carbonyl (C=O) groups is 3. The Kier molecular flexibility index (Phi) is 5.25. The molecule has 2 rings (SSSR count). The average Bonchev–Trinajstić information content (AvgIpc) is 2.50. The number of nitrogens with one attached hydrogen (secondary N) is 2. The molecule has 5 nitrogen and oxygen atoms in total. The first-order chi connectivity index (χ1) is 10.6. The molecule has 1 fully saturated rings. The van der Waals surface area contributed by atoms with Crippen molar-refractivity contribution in [3.05, 3.63) is 35.9 Å². The zero-order chi connectivity index (χ0) is 16.0. The number of amides is 4. The Labute approximate surface area is 128 Å². The Balaban J connectivity index is 2.23. The number of urea groups is 1. The predicted octanol–water partition coefficient (Wildman–Crippen LogP) is 2.21. The summed E-state index contributed by atoms with van der Waals surface area (Å²) in [6.45, 7) is -0.362. The molecule has 1 aliphatic rings. The number of halogens is 1. The Hall–Kier alpha value is -2.24. The third-order valence-electron chi connectivity index (χ3n) is 3.93. The Bertz CT molecular complexity index is 540. The quantitative estimate of drug-likeness (QED) is 0.599. The molecule has 4 amide bonds. The zero-order valence-electron chi connectivity index (χ0n) is 12.2. The van der Waals surface area contributed by atoms with Crippen LogP contribution in [-0.4, -0.2) is 24.5 Å². The standard InChI is InChI=1S/C16H19FN2O3/c17-11-7-2-1-6-10-16(12-8-4-3-5-9-12)13(20)18-15(22)19-14(16)21/h3-5,8-9H,1-2,6-7,10-11H2,(H2,18,19,20,21,22). The van der Waals surface area contributed by atoms with E-state index in [0.29, 0.717) is 24.8 Å².